The average molecular weight is 272 g/mol. The molecule has 2 heterocycles. The van der Waals surface area contributed by atoms with Crippen molar-refractivity contribution in [2.24, 2.45) is 0 Å². The Morgan fingerprint density at radius 3 is 3.00 bits per heavy atom. The number of pyridine rings is 1. The molecular weight excluding hydrogens is 252 g/mol. The van der Waals surface area contributed by atoms with Gasteiger partial charge in [0.2, 0.25) is 5.88 Å². The summed E-state index contributed by atoms with van der Waals surface area (Å²) in [6.45, 7) is 5.03. The third-order valence-electron chi connectivity index (χ3n) is 3.30. The first-order valence-electron chi connectivity index (χ1n) is 7.11. The van der Waals surface area contributed by atoms with Gasteiger partial charge in [0.05, 0.1) is 12.4 Å². The fourth-order valence-corrected chi connectivity index (χ4v) is 1.94. The molecular formula is C15H20N4O. The predicted molar refractivity (Wildman–Crippen MR) is 76.8 cm³/mol. The van der Waals surface area contributed by atoms with E-state index in [0.717, 1.165) is 12.3 Å². The molecule has 3 rings (SSSR count). The SMILES string of the molecule is CC(C)n1cc(Oc2cc(CNC3CC3)ccn2)cn1. The molecule has 1 N–H and O–H groups in total. The second kappa shape index (κ2) is 5.63. The number of nitrogens with zero attached hydrogens (tertiary/aromatic N) is 3. The molecule has 0 bridgehead atoms. The van der Waals surface area contributed by atoms with Gasteiger partial charge in [-0.15, -0.1) is 0 Å². The number of nitrogens with one attached hydrogen (secondary N) is 1. The molecule has 5 nitrogen and oxygen atoms in total. The van der Waals surface area contributed by atoms with E-state index in [9.17, 15) is 0 Å². The second-order valence-corrected chi connectivity index (χ2v) is 5.51. The summed E-state index contributed by atoms with van der Waals surface area (Å²) in [5.74, 6) is 1.34. The monoisotopic (exact) mass is 272 g/mol. The quantitative estimate of drug-likeness (QED) is 0.878. The molecule has 1 saturated carbocycles. The van der Waals surface area contributed by atoms with Crippen LogP contribution in [0.1, 0.15) is 38.3 Å². The van der Waals surface area contributed by atoms with Crippen molar-refractivity contribution >= 4 is 0 Å². The zero-order chi connectivity index (χ0) is 13.9. The first kappa shape index (κ1) is 13.1. The van der Waals surface area contributed by atoms with Crippen molar-refractivity contribution in [3.05, 3.63) is 36.3 Å². The Kier molecular flexibility index (Phi) is 3.69. The molecule has 1 aliphatic carbocycles. The van der Waals surface area contributed by atoms with Gasteiger partial charge in [0.25, 0.3) is 0 Å². The zero-order valence-electron chi connectivity index (χ0n) is 11.9. The first-order valence-corrected chi connectivity index (χ1v) is 7.11. The van der Waals surface area contributed by atoms with Crippen molar-refractivity contribution in [1.29, 1.82) is 0 Å². The Hall–Kier alpha value is -1.88. The maximum Gasteiger partial charge on any atom is 0.219 e. The van der Waals surface area contributed by atoms with Crippen LogP contribution in [0.2, 0.25) is 0 Å². The highest BCUT2D eigenvalue weighted by molar-refractivity contribution is 5.25. The van der Waals surface area contributed by atoms with Crippen molar-refractivity contribution in [2.45, 2.75) is 45.3 Å². The molecule has 2 aromatic heterocycles. The van der Waals surface area contributed by atoms with Gasteiger partial charge >= 0.3 is 0 Å². The van der Waals surface area contributed by atoms with Crippen LogP contribution in [0.5, 0.6) is 11.6 Å². The molecule has 0 unspecified atom stereocenters. The van der Waals surface area contributed by atoms with E-state index in [2.05, 4.69) is 29.2 Å². The maximum absolute atomic E-state index is 5.75. The Morgan fingerprint density at radius 1 is 1.45 bits per heavy atom. The van der Waals surface area contributed by atoms with Gasteiger partial charge in [0, 0.05) is 30.9 Å². The van der Waals surface area contributed by atoms with Gasteiger partial charge in [-0.3, -0.25) is 4.68 Å². The van der Waals surface area contributed by atoms with Gasteiger partial charge in [0.1, 0.15) is 0 Å². The molecule has 0 atom stereocenters. The van der Waals surface area contributed by atoms with E-state index in [4.69, 9.17) is 4.74 Å². The van der Waals surface area contributed by atoms with E-state index in [1.165, 1.54) is 18.4 Å². The molecule has 106 valence electrons. The van der Waals surface area contributed by atoms with E-state index in [1.54, 1.807) is 12.4 Å². The maximum atomic E-state index is 5.75. The summed E-state index contributed by atoms with van der Waals surface area (Å²) in [6, 6.07) is 5.02. The molecule has 0 amide bonds. The van der Waals surface area contributed by atoms with Gasteiger partial charge in [-0.05, 0) is 38.3 Å². The van der Waals surface area contributed by atoms with Crippen molar-refractivity contribution in [1.82, 2.24) is 20.1 Å². The lowest BCUT2D eigenvalue weighted by molar-refractivity contribution is 0.458. The smallest absolute Gasteiger partial charge is 0.219 e. The summed E-state index contributed by atoms with van der Waals surface area (Å²) in [7, 11) is 0. The van der Waals surface area contributed by atoms with Crippen LogP contribution in [-0.4, -0.2) is 20.8 Å². The largest absolute Gasteiger partial charge is 0.436 e. The van der Waals surface area contributed by atoms with E-state index >= 15 is 0 Å². The van der Waals surface area contributed by atoms with Gasteiger partial charge < -0.3 is 10.1 Å². The highest BCUT2D eigenvalue weighted by Gasteiger charge is 2.19. The molecule has 0 aromatic carbocycles. The normalized spacial score (nSPS) is 14.8. The number of hydrogen-bond acceptors (Lipinski definition) is 4. The molecule has 0 radical (unpaired) electrons. The van der Waals surface area contributed by atoms with Crippen LogP contribution in [0.3, 0.4) is 0 Å². The molecule has 20 heavy (non-hydrogen) atoms. The molecule has 0 saturated heterocycles. The van der Waals surface area contributed by atoms with E-state index < -0.39 is 0 Å². The Bertz CT molecular complexity index is 575. The highest BCUT2D eigenvalue weighted by Crippen LogP contribution is 2.22. The molecule has 1 aliphatic rings. The summed E-state index contributed by atoms with van der Waals surface area (Å²) >= 11 is 0. The highest BCUT2D eigenvalue weighted by atomic mass is 16.5. The number of ether oxygens (including phenoxy) is 1. The lowest BCUT2D eigenvalue weighted by atomic mass is 10.2. The third-order valence-corrected chi connectivity index (χ3v) is 3.30. The summed E-state index contributed by atoms with van der Waals surface area (Å²) < 4.78 is 7.62. The molecule has 1 fully saturated rings. The van der Waals surface area contributed by atoms with Crippen LogP contribution < -0.4 is 10.1 Å². The van der Waals surface area contributed by atoms with Crippen molar-refractivity contribution < 1.29 is 4.74 Å². The standard InChI is InChI=1S/C15H20N4O/c1-11(2)19-10-14(9-18-19)20-15-7-12(5-6-16-15)8-17-13-3-4-13/h5-7,9-11,13,17H,3-4,8H2,1-2H3. The van der Waals surface area contributed by atoms with Crippen LogP contribution in [0, 0.1) is 0 Å². The molecule has 0 aliphatic heterocycles. The summed E-state index contributed by atoms with van der Waals surface area (Å²) in [5, 5.41) is 7.74. The predicted octanol–water partition coefficient (Wildman–Crippen LogP) is 2.90. The van der Waals surface area contributed by atoms with Gasteiger partial charge in [-0.2, -0.15) is 5.10 Å². The summed E-state index contributed by atoms with van der Waals surface area (Å²) in [6.07, 6.45) is 7.98. The van der Waals surface area contributed by atoms with E-state index in [0.29, 0.717) is 18.0 Å². The fourth-order valence-electron chi connectivity index (χ4n) is 1.94. The number of rotatable bonds is 6. The van der Waals surface area contributed by atoms with Crippen molar-refractivity contribution in [3.63, 3.8) is 0 Å². The topological polar surface area (TPSA) is 52.0 Å². The molecule has 0 spiro atoms. The van der Waals surface area contributed by atoms with Crippen LogP contribution in [0.4, 0.5) is 0 Å². The van der Waals surface area contributed by atoms with Crippen LogP contribution in [0.25, 0.3) is 0 Å². The lowest BCUT2D eigenvalue weighted by Gasteiger charge is -2.06. The van der Waals surface area contributed by atoms with Crippen molar-refractivity contribution in [3.8, 4) is 11.6 Å². The van der Waals surface area contributed by atoms with Gasteiger partial charge in [-0.1, -0.05) is 0 Å². The van der Waals surface area contributed by atoms with E-state index in [-0.39, 0.29) is 0 Å². The number of hydrogen-bond donors (Lipinski definition) is 1. The Balaban J connectivity index is 1.64. The molecule has 2 aromatic rings. The Labute approximate surface area is 119 Å². The minimum atomic E-state index is 0.328. The lowest BCUT2D eigenvalue weighted by Crippen LogP contribution is -2.15. The second-order valence-electron chi connectivity index (χ2n) is 5.51. The minimum Gasteiger partial charge on any atom is -0.436 e. The Morgan fingerprint density at radius 2 is 2.30 bits per heavy atom. The van der Waals surface area contributed by atoms with Crippen molar-refractivity contribution in [2.75, 3.05) is 0 Å². The van der Waals surface area contributed by atoms with Crippen LogP contribution >= 0.6 is 0 Å². The van der Waals surface area contributed by atoms with Gasteiger partial charge in [-0.25, -0.2) is 4.98 Å². The summed E-state index contributed by atoms with van der Waals surface area (Å²) in [4.78, 5) is 4.24. The number of aromatic nitrogens is 3. The minimum absolute atomic E-state index is 0.328. The fraction of sp³-hybridized carbons (Fsp3) is 0.467. The van der Waals surface area contributed by atoms with E-state index in [1.807, 2.05) is 23.0 Å². The third kappa shape index (κ3) is 3.36. The first-order chi connectivity index (χ1) is 9.70. The molecule has 5 heteroatoms. The zero-order valence-corrected chi connectivity index (χ0v) is 11.9. The van der Waals surface area contributed by atoms with Gasteiger partial charge in [0.15, 0.2) is 5.75 Å². The summed E-state index contributed by atoms with van der Waals surface area (Å²) in [5.41, 5.74) is 1.19. The van der Waals surface area contributed by atoms with Crippen LogP contribution in [0.15, 0.2) is 30.7 Å². The average Bonchev–Trinajstić information content (AvgIpc) is 3.15. The van der Waals surface area contributed by atoms with Crippen LogP contribution in [-0.2, 0) is 6.54 Å².